The van der Waals surface area contributed by atoms with Gasteiger partial charge in [-0.2, -0.15) is 0 Å². The monoisotopic (exact) mass is 193 g/mol. The lowest BCUT2D eigenvalue weighted by atomic mass is 10.1. The number of thioether (sulfide) groups is 1. The summed E-state index contributed by atoms with van der Waals surface area (Å²) in [5.41, 5.74) is 2.62. The Hall–Kier alpha value is -0.760. The van der Waals surface area contributed by atoms with Crippen LogP contribution in [0.2, 0.25) is 0 Å². The van der Waals surface area contributed by atoms with E-state index >= 15 is 0 Å². The first-order valence-corrected chi connectivity index (χ1v) is 5.62. The van der Waals surface area contributed by atoms with Gasteiger partial charge in [-0.15, -0.1) is 11.8 Å². The first-order chi connectivity index (χ1) is 6.22. The minimum atomic E-state index is 0.764. The highest BCUT2D eigenvalue weighted by molar-refractivity contribution is 8.13. The van der Waals surface area contributed by atoms with Gasteiger partial charge in [0.1, 0.15) is 0 Å². The van der Waals surface area contributed by atoms with Crippen LogP contribution >= 0.6 is 11.8 Å². The van der Waals surface area contributed by atoms with Crippen LogP contribution in [0.25, 0.3) is 0 Å². The molecule has 2 heteroatoms. The van der Waals surface area contributed by atoms with Crippen LogP contribution in [-0.4, -0.2) is 11.3 Å². The van der Waals surface area contributed by atoms with Crippen molar-refractivity contribution in [1.82, 2.24) is 0 Å². The van der Waals surface area contributed by atoms with Gasteiger partial charge < -0.3 is 0 Å². The van der Waals surface area contributed by atoms with Crippen molar-refractivity contribution in [1.29, 1.82) is 5.41 Å². The molecule has 0 radical (unpaired) electrons. The van der Waals surface area contributed by atoms with E-state index in [2.05, 4.69) is 31.2 Å². The number of nitrogens with one attached hydrogen (secondary N) is 1. The van der Waals surface area contributed by atoms with Crippen molar-refractivity contribution in [2.45, 2.75) is 19.8 Å². The molecule has 0 saturated heterocycles. The van der Waals surface area contributed by atoms with Crippen molar-refractivity contribution in [2.75, 3.05) is 6.26 Å². The zero-order chi connectivity index (χ0) is 9.68. The van der Waals surface area contributed by atoms with E-state index in [1.54, 1.807) is 0 Å². The molecule has 0 saturated carbocycles. The summed E-state index contributed by atoms with van der Waals surface area (Å²) in [6, 6.07) is 8.53. The maximum atomic E-state index is 7.49. The van der Waals surface area contributed by atoms with Crippen molar-refractivity contribution in [2.24, 2.45) is 0 Å². The van der Waals surface area contributed by atoms with E-state index in [1.165, 1.54) is 22.9 Å². The topological polar surface area (TPSA) is 23.9 Å². The molecule has 0 aliphatic carbocycles. The van der Waals surface area contributed by atoms with Crippen LogP contribution in [0.4, 0.5) is 0 Å². The van der Waals surface area contributed by atoms with E-state index in [9.17, 15) is 0 Å². The minimum absolute atomic E-state index is 0.764. The third kappa shape index (κ3) is 3.64. The van der Waals surface area contributed by atoms with Crippen LogP contribution < -0.4 is 0 Å². The van der Waals surface area contributed by atoms with Gasteiger partial charge in [0.2, 0.25) is 0 Å². The van der Waals surface area contributed by atoms with Crippen LogP contribution in [0, 0.1) is 12.3 Å². The van der Waals surface area contributed by atoms with Crippen LogP contribution in [0.3, 0.4) is 0 Å². The van der Waals surface area contributed by atoms with Gasteiger partial charge >= 0.3 is 0 Å². The minimum Gasteiger partial charge on any atom is -0.298 e. The fraction of sp³-hybridized carbons (Fsp3) is 0.364. The van der Waals surface area contributed by atoms with Gasteiger partial charge in [0.15, 0.2) is 0 Å². The zero-order valence-electron chi connectivity index (χ0n) is 8.13. The number of aryl methyl sites for hydroxylation is 2. The summed E-state index contributed by atoms with van der Waals surface area (Å²) in [7, 11) is 0. The molecule has 1 nitrogen and oxygen atoms in total. The molecule has 1 rings (SSSR count). The molecule has 0 aliphatic rings. The second-order valence-electron chi connectivity index (χ2n) is 3.11. The molecule has 0 heterocycles. The van der Waals surface area contributed by atoms with Gasteiger partial charge in [-0.25, -0.2) is 0 Å². The second-order valence-corrected chi connectivity index (χ2v) is 4.01. The van der Waals surface area contributed by atoms with Crippen molar-refractivity contribution >= 4 is 16.8 Å². The molecule has 13 heavy (non-hydrogen) atoms. The Morgan fingerprint density at radius 1 is 1.31 bits per heavy atom. The molecule has 1 aromatic carbocycles. The van der Waals surface area contributed by atoms with Crippen LogP contribution in [-0.2, 0) is 6.42 Å². The van der Waals surface area contributed by atoms with E-state index in [-0.39, 0.29) is 0 Å². The smallest absolute Gasteiger partial charge is 0.0642 e. The Labute approximate surface area is 84.1 Å². The third-order valence-corrected chi connectivity index (χ3v) is 2.70. The standard InChI is InChI=1S/C11H15NS/c1-9-3-5-10(6-4-9)7-8-11(12)13-2/h3-6,12H,7-8H2,1-2H3. The highest BCUT2D eigenvalue weighted by Crippen LogP contribution is 2.09. The Bertz CT molecular complexity index is 277. The van der Waals surface area contributed by atoms with Crippen molar-refractivity contribution < 1.29 is 0 Å². The molecule has 0 unspecified atom stereocenters. The molecule has 0 atom stereocenters. The largest absolute Gasteiger partial charge is 0.298 e. The fourth-order valence-electron chi connectivity index (χ4n) is 1.11. The molecule has 0 aromatic heterocycles. The molecule has 0 amide bonds. The maximum Gasteiger partial charge on any atom is 0.0642 e. The summed E-state index contributed by atoms with van der Waals surface area (Å²) < 4.78 is 0. The number of benzene rings is 1. The fourth-order valence-corrected chi connectivity index (χ4v) is 1.42. The predicted molar refractivity (Wildman–Crippen MR) is 60.7 cm³/mol. The summed E-state index contributed by atoms with van der Waals surface area (Å²) in [5.74, 6) is 0. The Morgan fingerprint density at radius 2 is 1.92 bits per heavy atom. The average molecular weight is 193 g/mol. The van der Waals surface area contributed by atoms with Gasteiger partial charge in [0.25, 0.3) is 0 Å². The SMILES string of the molecule is CSC(=N)CCc1ccc(C)cc1. The van der Waals surface area contributed by atoms with Crippen molar-refractivity contribution in [3.8, 4) is 0 Å². The summed E-state index contributed by atoms with van der Waals surface area (Å²) >= 11 is 1.53. The molecule has 1 N–H and O–H groups in total. The van der Waals surface area contributed by atoms with Crippen LogP contribution in [0.5, 0.6) is 0 Å². The zero-order valence-corrected chi connectivity index (χ0v) is 8.95. The molecule has 1 aromatic rings. The van der Waals surface area contributed by atoms with Crippen LogP contribution in [0.1, 0.15) is 17.5 Å². The third-order valence-electron chi connectivity index (χ3n) is 2.01. The molecule has 0 spiro atoms. The predicted octanol–water partition coefficient (Wildman–Crippen LogP) is 3.27. The van der Waals surface area contributed by atoms with E-state index in [0.29, 0.717) is 0 Å². The maximum absolute atomic E-state index is 7.49. The Morgan fingerprint density at radius 3 is 2.46 bits per heavy atom. The average Bonchev–Trinajstić information content (AvgIpc) is 2.16. The highest BCUT2D eigenvalue weighted by Gasteiger charge is 1.96. The van der Waals surface area contributed by atoms with Crippen molar-refractivity contribution in [3.05, 3.63) is 35.4 Å². The van der Waals surface area contributed by atoms with E-state index < -0.39 is 0 Å². The lowest BCUT2D eigenvalue weighted by molar-refractivity contribution is 1.04. The summed E-state index contributed by atoms with van der Waals surface area (Å²) in [5, 5.41) is 8.26. The quantitative estimate of drug-likeness (QED) is 0.578. The second kappa shape index (κ2) is 5.07. The first-order valence-electron chi connectivity index (χ1n) is 4.39. The van der Waals surface area contributed by atoms with E-state index in [4.69, 9.17) is 5.41 Å². The molecule has 0 bridgehead atoms. The van der Waals surface area contributed by atoms with Gasteiger partial charge in [0.05, 0.1) is 5.04 Å². The van der Waals surface area contributed by atoms with Gasteiger partial charge in [-0.1, -0.05) is 29.8 Å². The van der Waals surface area contributed by atoms with Crippen molar-refractivity contribution in [3.63, 3.8) is 0 Å². The van der Waals surface area contributed by atoms with Gasteiger partial charge in [-0.3, -0.25) is 5.41 Å². The lowest BCUT2D eigenvalue weighted by Crippen LogP contribution is -1.93. The van der Waals surface area contributed by atoms with Crippen LogP contribution in [0.15, 0.2) is 24.3 Å². The highest BCUT2D eigenvalue weighted by atomic mass is 32.2. The molecule has 0 aliphatic heterocycles. The summed E-state index contributed by atoms with van der Waals surface area (Å²) in [6.45, 7) is 2.09. The Balaban J connectivity index is 2.46. The number of hydrogen-bond donors (Lipinski definition) is 1. The van der Waals surface area contributed by atoms with E-state index in [0.717, 1.165) is 17.9 Å². The molecular formula is C11H15NS. The summed E-state index contributed by atoms with van der Waals surface area (Å²) in [6.07, 6.45) is 3.81. The normalized spacial score (nSPS) is 10.0. The Kier molecular flexibility index (Phi) is 4.03. The number of rotatable bonds is 3. The van der Waals surface area contributed by atoms with E-state index in [1.807, 2.05) is 6.26 Å². The number of hydrogen-bond acceptors (Lipinski definition) is 2. The molecule has 0 fully saturated rings. The first kappa shape index (κ1) is 10.3. The summed E-state index contributed by atoms with van der Waals surface area (Å²) in [4.78, 5) is 0. The molecule has 70 valence electrons. The molecular weight excluding hydrogens is 178 g/mol. The lowest BCUT2D eigenvalue weighted by Gasteiger charge is -2.01. The van der Waals surface area contributed by atoms with Gasteiger partial charge in [0, 0.05) is 0 Å². The van der Waals surface area contributed by atoms with Gasteiger partial charge in [-0.05, 0) is 31.6 Å².